The highest BCUT2D eigenvalue weighted by atomic mass is 19.4. The van der Waals surface area contributed by atoms with Gasteiger partial charge in [-0.25, -0.2) is 33.5 Å². The van der Waals surface area contributed by atoms with Gasteiger partial charge < -0.3 is 15.6 Å². The second-order valence-electron chi connectivity index (χ2n) is 7.18. The monoisotopic (exact) mass is 528 g/mol. The number of rotatable bonds is 5. The molecule has 0 bridgehead atoms. The van der Waals surface area contributed by atoms with Crippen LogP contribution in [0.4, 0.5) is 38.3 Å². The Hall–Kier alpha value is -4.60. The molecule has 0 spiro atoms. The molecule has 3 aromatic rings. The average Bonchev–Trinajstić information content (AvgIpc) is 3.22. The van der Waals surface area contributed by atoms with Crippen LogP contribution in [0.5, 0.6) is 0 Å². The molecule has 0 atom stereocenters. The molecule has 1 aliphatic rings. The molecule has 1 amide bonds. The number of hydrogen-bond donors (Lipinski definition) is 2. The summed E-state index contributed by atoms with van der Waals surface area (Å²) < 4.78 is 64.6. The third-order valence-electron chi connectivity index (χ3n) is 4.79. The number of ether oxygens (including phenoxy) is 1. The Bertz CT molecular complexity index is 1400. The summed E-state index contributed by atoms with van der Waals surface area (Å²) in [5.41, 5.74) is 5.66. The van der Waals surface area contributed by atoms with Gasteiger partial charge in [-0.15, -0.1) is 0 Å². The lowest BCUT2D eigenvalue weighted by Gasteiger charge is -2.28. The third kappa shape index (κ3) is 6.16. The summed E-state index contributed by atoms with van der Waals surface area (Å²) >= 11 is 0. The number of aromatic nitrogens is 4. The van der Waals surface area contributed by atoms with Gasteiger partial charge in [0.2, 0.25) is 0 Å². The van der Waals surface area contributed by atoms with Crippen molar-refractivity contribution in [2.45, 2.75) is 19.3 Å². The molecule has 0 saturated carbocycles. The average molecular weight is 528 g/mol. The number of benzene rings is 1. The van der Waals surface area contributed by atoms with E-state index >= 15 is 0 Å². The molecule has 0 saturated heterocycles. The zero-order valence-electron chi connectivity index (χ0n) is 18.5. The highest BCUT2D eigenvalue weighted by molar-refractivity contribution is 5.97. The van der Waals surface area contributed by atoms with Gasteiger partial charge in [-0.05, 0) is 18.2 Å². The standard InChI is InChI=1S/C19H16F2N6O3.C2HF3O2/c20-17(21)13(8-22)9-26-18(28)25(11-23-26)15-6-3-7-16(24-15)27-14-5-2-1-4-12(14)10-30-19(27)29;3-2(4,5)1(6)7/h1-7,11H,8-10,22H2;(H,6,7). The fraction of sp³-hybridized carbons (Fsp3) is 0.190. The van der Waals surface area contributed by atoms with Crippen molar-refractivity contribution >= 4 is 23.6 Å². The molecule has 196 valence electrons. The number of alkyl halides is 3. The molecule has 16 heteroatoms. The molecule has 0 unspecified atom stereocenters. The first-order valence-corrected chi connectivity index (χ1v) is 10.1. The van der Waals surface area contributed by atoms with Gasteiger partial charge in [-0.2, -0.15) is 27.1 Å². The van der Waals surface area contributed by atoms with Gasteiger partial charge >= 0.3 is 23.9 Å². The van der Waals surface area contributed by atoms with Crippen LogP contribution in [0.2, 0.25) is 0 Å². The Labute approximate surface area is 203 Å². The molecule has 3 N–H and O–H groups in total. The third-order valence-corrected chi connectivity index (χ3v) is 4.79. The van der Waals surface area contributed by atoms with Crippen molar-refractivity contribution in [2.24, 2.45) is 5.73 Å². The number of carboxylic acid groups (broad SMARTS) is 1. The summed E-state index contributed by atoms with van der Waals surface area (Å²) in [5, 5.41) is 11.0. The maximum Gasteiger partial charge on any atom is 0.490 e. The summed E-state index contributed by atoms with van der Waals surface area (Å²) in [6, 6.07) is 12.0. The van der Waals surface area contributed by atoms with E-state index in [1.165, 1.54) is 17.3 Å². The largest absolute Gasteiger partial charge is 0.490 e. The lowest BCUT2D eigenvalue weighted by Crippen LogP contribution is -2.32. The molecule has 3 heterocycles. The fourth-order valence-corrected chi connectivity index (χ4v) is 3.03. The number of cyclic esters (lactones) is 1. The molecule has 0 fully saturated rings. The normalized spacial score (nSPS) is 12.7. The van der Waals surface area contributed by atoms with E-state index in [1.54, 1.807) is 24.3 Å². The highest BCUT2D eigenvalue weighted by Gasteiger charge is 2.38. The predicted octanol–water partition coefficient (Wildman–Crippen LogP) is 2.96. The molecule has 11 nitrogen and oxygen atoms in total. The van der Waals surface area contributed by atoms with Crippen molar-refractivity contribution in [3.8, 4) is 5.82 Å². The molecule has 0 aliphatic carbocycles. The Morgan fingerprint density at radius 1 is 1.08 bits per heavy atom. The first-order valence-electron chi connectivity index (χ1n) is 10.1. The first-order chi connectivity index (χ1) is 17.4. The lowest BCUT2D eigenvalue weighted by molar-refractivity contribution is -0.192. The number of carbonyl (C=O) groups is 2. The number of nitrogens with zero attached hydrogens (tertiary/aromatic N) is 5. The van der Waals surface area contributed by atoms with E-state index in [1.807, 2.05) is 12.1 Å². The van der Waals surface area contributed by atoms with Crippen molar-refractivity contribution in [1.29, 1.82) is 0 Å². The molecule has 1 aromatic carbocycles. The number of para-hydroxylation sites is 1. The molecule has 4 rings (SSSR count). The van der Waals surface area contributed by atoms with Crippen LogP contribution in [-0.2, 0) is 22.7 Å². The minimum absolute atomic E-state index is 0.152. The van der Waals surface area contributed by atoms with Crippen molar-refractivity contribution in [3.63, 3.8) is 0 Å². The Morgan fingerprint density at radius 2 is 1.73 bits per heavy atom. The van der Waals surface area contributed by atoms with Crippen LogP contribution < -0.4 is 16.3 Å². The van der Waals surface area contributed by atoms with E-state index in [4.69, 9.17) is 20.4 Å². The van der Waals surface area contributed by atoms with Crippen molar-refractivity contribution in [1.82, 2.24) is 19.3 Å². The number of amides is 1. The van der Waals surface area contributed by atoms with E-state index < -0.39 is 48.7 Å². The minimum Gasteiger partial charge on any atom is -0.475 e. The van der Waals surface area contributed by atoms with Crippen LogP contribution in [-0.4, -0.2) is 49.2 Å². The molecule has 0 radical (unpaired) electrons. The maximum atomic E-state index is 12.9. The van der Waals surface area contributed by atoms with Crippen LogP contribution in [0.25, 0.3) is 5.82 Å². The van der Waals surface area contributed by atoms with Gasteiger partial charge in [-0.1, -0.05) is 24.3 Å². The van der Waals surface area contributed by atoms with Crippen LogP contribution >= 0.6 is 0 Å². The van der Waals surface area contributed by atoms with Crippen molar-refractivity contribution < 1.29 is 41.4 Å². The number of hydrogen-bond acceptors (Lipinski definition) is 7. The second-order valence-corrected chi connectivity index (χ2v) is 7.18. The molecular formula is C21H17F5N6O5. The maximum absolute atomic E-state index is 12.9. The van der Waals surface area contributed by atoms with Crippen LogP contribution in [0.1, 0.15) is 5.56 Å². The molecule has 2 aromatic heterocycles. The Balaban J connectivity index is 0.000000479. The van der Waals surface area contributed by atoms with Gasteiger partial charge in [0, 0.05) is 17.7 Å². The molecule has 1 aliphatic heterocycles. The van der Waals surface area contributed by atoms with E-state index in [2.05, 4.69) is 10.1 Å². The van der Waals surface area contributed by atoms with E-state index in [0.717, 1.165) is 14.8 Å². The predicted molar refractivity (Wildman–Crippen MR) is 116 cm³/mol. The van der Waals surface area contributed by atoms with Gasteiger partial charge in [0.05, 0.1) is 12.2 Å². The van der Waals surface area contributed by atoms with Crippen LogP contribution in [0, 0.1) is 0 Å². The number of carbonyl (C=O) groups excluding carboxylic acids is 1. The number of nitrogens with two attached hydrogens (primary N) is 1. The summed E-state index contributed by atoms with van der Waals surface area (Å²) in [4.78, 5) is 39.6. The smallest absolute Gasteiger partial charge is 0.475 e. The van der Waals surface area contributed by atoms with Gasteiger partial charge in [0.25, 0.3) is 6.08 Å². The number of anilines is 2. The van der Waals surface area contributed by atoms with E-state index in [0.29, 0.717) is 5.69 Å². The minimum atomic E-state index is -5.08. The summed E-state index contributed by atoms with van der Waals surface area (Å²) in [6.45, 7) is -0.679. The zero-order chi connectivity index (χ0) is 27.3. The number of fused-ring (bicyclic) bond motifs is 1. The SMILES string of the molecule is NCC(Cn1ncn(-c2cccc(N3C(=O)OCc4ccccc43)n2)c1=O)=C(F)F.O=C(O)C(F)(F)F. The second kappa shape index (κ2) is 11.0. The number of halogens is 5. The lowest BCUT2D eigenvalue weighted by atomic mass is 10.1. The van der Waals surface area contributed by atoms with Crippen molar-refractivity contribution in [2.75, 3.05) is 11.4 Å². The summed E-state index contributed by atoms with van der Waals surface area (Å²) in [6.07, 6.45) is -6.46. The van der Waals surface area contributed by atoms with E-state index in [-0.39, 0.29) is 18.2 Å². The highest BCUT2D eigenvalue weighted by Crippen LogP contribution is 2.32. The van der Waals surface area contributed by atoms with Crippen LogP contribution in [0.3, 0.4) is 0 Å². The van der Waals surface area contributed by atoms with Gasteiger partial charge in [0.1, 0.15) is 24.6 Å². The number of aliphatic carboxylic acids is 1. The summed E-state index contributed by atoms with van der Waals surface area (Å²) in [5.74, 6) is -2.35. The number of carboxylic acids is 1. The van der Waals surface area contributed by atoms with Crippen LogP contribution in [0.15, 0.2) is 65.2 Å². The van der Waals surface area contributed by atoms with Crippen molar-refractivity contribution in [3.05, 3.63) is 76.5 Å². The molecular weight excluding hydrogens is 511 g/mol. The topological polar surface area (TPSA) is 146 Å². The first kappa shape index (κ1) is 27.0. The Kier molecular flexibility index (Phi) is 8.01. The number of pyridine rings is 1. The zero-order valence-corrected chi connectivity index (χ0v) is 18.5. The molecule has 37 heavy (non-hydrogen) atoms. The quantitative estimate of drug-likeness (QED) is 0.481. The fourth-order valence-electron chi connectivity index (χ4n) is 3.03. The summed E-state index contributed by atoms with van der Waals surface area (Å²) in [7, 11) is 0. The van der Waals surface area contributed by atoms with E-state index in [9.17, 15) is 31.5 Å². The Morgan fingerprint density at radius 3 is 2.35 bits per heavy atom. The van der Waals surface area contributed by atoms with Gasteiger partial charge in [-0.3, -0.25) is 0 Å². The van der Waals surface area contributed by atoms with Gasteiger partial charge in [0.15, 0.2) is 0 Å².